The van der Waals surface area contributed by atoms with Crippen molar-refractivity contribution >= 4 is 58.3 Å². The Morgan fingerprint density at radius 1 is 1.07 bits per heavy atom. The Balaban J connectivity index is 2.16. The van der Waals surface area contributed by atoms with Gasteiger partial charge >= 0.3 is 5.97 Å². The minimum absolute atomic E-state index is 0.0606. The third-order valence-corrected chi connectivity index (χ3v) is 3.79. The fourth-order valence-electron chi connectivity index (χ4n) is 1.73. The van der Waals surface area contributed by atoms with Gasteiger partial charge in [-0.05, 0) is 36.8 Å². The predicted octanol–water partition coefficient (Wildman–Crippen LogP) is 2.13. The molecule has 0 aliphatic rings. The number of hydrazine groups is 1. The average Bonchev–Trinajstić information content (AvgIpc) is 2.62. The lowest BCUT2D eigenvalue weighted by molar-refractivity contribution is -0.142. The average molecular weight is 436 g/mol. The highest BCUT2D eigenvalue weighted by molar-refractivity contribution is 7.80. The van der Waals surface area contributed by atoms with Crippen molar-refractivity contribution < 1.29 is 23.9 Å². The number of rotatable bonds is 8. The molecular weight excluding hydrogens is 417 g/mol. The zero-order valence-electron chi connectivity index (χ0n) is 14.5. The van der Waals surface area contributed by atoms with Gasteiger partial charge in [0.25, 0.3) is 0 Å². The molecule has 0 saturated carbocycles. The third-order valence-electron chi connectivity index (χ3n) is 3.05. The largest absolute Gasteiger partial charge is 0.492 e. The van der Waals surface area contributed by atoms with Gasteiger partial charge in [-0.2, -0.15) is 0 Å². The number of carbonyl (C=O) groups is 3. The van der Waals surface area contributed by atoms with E-state index in [0.29, 0.717) is 22.2 Å². The summed E-state index contributed by atoms with van der Waals surface area (Å²) in [6.07, 6.45) is 0.462. The smallest absolute Gasteiger partial charge is 0.306 e. The van der Waals surface area contributed by atoms with E-state index >= 15 is 0 Å². The van der Waals surface area contributed by atoms with Crippen molar-refractivity contribution in [1.82, 2.24) is 16.2 Å². The first-order valence-electron chi connectivity index (χ1n) is 7.85. The third kappa shape index (κ3) is 9.97. The van der Waals surface area contributed by atoms with Crippen molar-refractivity contribution in [3.8, 4) is 5.75 Å². The molecule has 1 aromatic rings. The molecule has 0 bridgehead atoms. The van der Waals surface area contributed by atoms with E-state index in [0.717, 1.165) is 0 Å². The lowest BCUT2D eigenvalue weighted by Gasteiger charge is -2.11. The monoisotopic (exact) mass is 435 g/mol. The molecular formula is C16H19Cl2N3O5S. The second kappa shape index (κ2) is 12.3. The molecule has 148 valence electrons. The zero-order valence-corrected chi connectivity index (χ0v) is 16.8. The molecule has 1 aromatic carbocycles. The number of benzene rings is 1. The van der Waals surface area contributed by atoms with Gasteiger partial charge in [0.2, 0.25) is 11.8 Å². The highest BCUT2D eigenvalue weighted by atomic mass is 35.5. The van der Waals surface area contributed by atoms with Crippen molar-refractivity contribution in [3.63, 3.8) is 0 Å². The van der Waals surface area contributed by atoms with Crippen LogP contribution in [0.1, 0.15) is 25.7 Å². The first-order valence-corrected chi connectivity index (χ1v) is 9.01. The minimum Gasteiger partial charge on any atom is -0.492 e. The summed E-state index contributed by atoms with van der Waals surface area (Å²) >= 11 is 16.6. The maximum atomic E-state index is 11.7. The number of ether oxygens (including phenoxy) is 2. The van der Waals surface area contributed by atoms with Gasteiger partial charge in [0.05, 0.1) is 25.2 Å². The molecule has 1 rings (SSSR count). The molecule has 3 N–H and O–H groups in total. The van der Waals surface area contributed by atoms with E-state index in [2.05, 4.69) is 20.9 Å². The van der Waals surface area contributed by atoms with Gasteiger partial charge in [-0.3, -0.25) is 25.2 Å². The Hall–Kier alpha value is -2.10. The Morgan fingerprint density at radius 2 is 1.81 bits per heavy atom. The van der Waals surface area contributed by atoms with Crippen LogP contribution in [0.15, 0.2) is 18.2 Å². The number of amides is 2. The Morgan fingerprint density at radius 3 is 2.48 bits per heavy atom. The maximum Gasteiger partial charge on any atom is 0.306 e. The van der Waals surface area contributed by atoms with Crippen LogP contribution in [-0.4, -0.2) is 36.6 Å². The molecule has 0 aliphatic heterocycles. The maximum absolute atomic E-state index is 11.7. The highest BCUT2D eigenvalue weighted by Gasteiger charge is 2.09. The number of thiocarbonyl (C=S) groups is 1. The van der Waals surface area contributed by atoms with Gasteiger partial charge in [0.15, 0.2) is 5.11 Å². The summed E-state index contributed by atoms with van der Waals surface area (Å²) < 4.78 is 9.89. The minimum atomic E-state index is -0.501. The van der Waals surface area contributed by atoms with Crippen LogP contribution in [0.5, 0.6) is 5.75 Å². The second-order valence-corrected chi connectivity index (χ2v) is 6.41. The number of hydrogen-bond donors (Lipinski definition) is 3. The highest BCUT2D eigenvalue weighted by Crippen LogP contribution is 2.27. The molecule has 0 aliphatic carbocycles. The Kier molecular flexibility index (Phi) is 10.5. The topological polar surface area (TPSA) is 106 Å². The van der Waals surface area contributed by atoms with Crippen molar-refractivity contribution in [3.05, 3.63) is 28.2 Å². The van der Waals surface area contributed by atoms with E-state index in [-0.39, 0.29) is 36.9 Å². The van der Waals surface area contributed by atoms with Crippen LogP contribution in [0.3, 0.4) is 0 Å². The van der Waals surface area contributed by atoms with Crippen LogP contribution in [0.4, 0.5) is 0 Å². The quantitative estimate of drug-likeness (QED) is 0.248. The zero-order chi connectivity index (χ0) is 20.2. The number of halogens is 2. The van der Waals surface area contributed by atoms with Gasteiger partial charge in [-0.15, -0.1) is 0 Å². The molecule has 8 nitrogen and oxygen atoms in total. The molecule has 0 heterocycles. The molecule has 0 atom stereocenters. The molecule has 0 aromatic heterocycles. The molecule has 0 spiro atoms. The van der Waals surface area contributed by atoms with E-state index in [4.69, 9.17) is 40.2 Å². The Bertz CT molecular complexity index is 703. The van der Waals surface area contributed by atoms with Gasteiger partial charge < -0.3 is 14.8 Å². The summed E-state index contributed by atoms with van der Waals surface area (Å²) in [5, 5.41) is 3.14. The summed E-state index contributed by atoms with van der Waals surface area (Å²) in [5.74, 6) is -0.831. The molecule has 0 radical (unpaired) electrons. The lowest BCUT2D eigenvalue weighted by Crippen LogP contribution is -2.48. The summed E-state index contributed by atoms with van der Waals surface area (Å²) in [6.45, 7) is 0.281. The summed E-state index contributed by atoms with van der Waals surface area (Å²) in [4.78, 5) is 34.2. The fraction of sp³-hybridized carbons (Fsp3) is 0.375. The van der Waals surface area contributed by atoms with Gasteiger partial charge in [-0.1, -0.05) is 23.2 Å². The van der Waals surface area contributed by atoms with Gasteiger partial charge in [0, 0.05) is 17.9 Å². The van der Waals surface area contributed by atoms with E-state index in [1.54, 1.807) is 18.2 Å². The van der Waals surface area contributed by atoms with Crippen molar-refractivity contribution in [2.75, 3.05) is 13.7 Å². The van der Waals surface area contributed by atoms with E-state index < -0.39 is 11.9 Å². The van der Waals surface area contributed by atoms with Crippen LogP contribution in [0.25, 0.3) is 0 Å². The number of nitrogens with one attached hydrogen (secondary N) is 3. The van der Waals surface area contributed by atoms with Crippen LogP contribution < -0.4 is 20.9 Å². The van der Waals surface area contributed by atoms with Crippen molar-refractivity contribution in [1.29, 1.82) is 0 Å². The lowest BCUT2D eigenvalue weighted by atomic mass is 10.3. The fourth-order valence-corrected chi connectivity index (χ4v) is 2.36. The molecule has 0 fully saturated rings. The molecule has 0 saturated heterocycles. The number of methoxy groups -OCH3 is 1. The summed E-state index contributed by atoms with van der Waals surface area (Å²) in [7, 11) is 1.23. The normalized spacial score (nSPS) is 9.89. The Labute approximate surface area is 171 Å². The van der Waals surface area contributed by atoms with E-state index in [1.807, 2.05) is 0 Å². The first kappa shape index (κ1) is 22.9. The van der Waals surface area contributed by atoms with Crippen LogP contribution in [0.2, 0.25) is 10.0 Å². The number of carbonyl (C=O) groups excluding carboxylic acids is 3. The molecule has 11 heteroatoms. The SMILES string of the molecule is COC(=O)CCC(=O)NC(=S)NNC(=O)CCCOc1ccc(Cl)cc1Cl. The van der Waals surface area contributed by atoms with E-state index in [1.165, 1.54) is 7.11 Å². The number of esters is 1. The molecule has 27 heavy (non-hydrogen) atoms. The second-order valence-electron chi connectivity index (χ2n) is 5.15. The summed E-state index contributed by atoms with van der Waals surface area (Å²) in [5.41, 5.74) is 4.74. The predicted molar refractivity (Wildman–Crippen MR) is 104 cm³/mol. The molecule has 0 unspecified atom stereocenters. The molecule has 2 amide bonds. The standard InChI is InChI=1S/C16H19Cl2N3O5S/c1-25-15(24)7-6-13(22)19-16(27)21-20-14(23)3-2-8-26-12-5-4-10(17)9-11(12)18/h4-5,9H,2-3,6-8H2,1H3,(H,20,23)(H2,19,21,22,27). The first-order chi connectivity index (χ1) is 12.8. The number of hydrogen-bond acceptors (Lipinski definition) is 6. The summed E-state index contributed by atoms with van der Waals surface area (Å²) in [6, 6.07) is 4.86. The van der Waals surface area contributed by atoms with Gasteiger partial charge in [0.1, 0.15) is 5.75 Å². The van der Waals surface area contributed by atoms with Crippen LogP contribution in [0, 0.1) is 0 Å². The van der Waals surface area contributed by atoms with Crippen molar-refractivity contribution in [2.45, 2.75) is 25.7 Å². The van der Waals surface area contributed by atoms with Crippen LogP contribution in [-0.2, 0) is 19.1 Å². The van der Waals surface area contributed by atoms with E-state index in [9.17, 15) is 14.4 Å². The van der Waals surface area contributed by atoms with Crippen LogP contribution >= 0.6 is 35.4 Å². The van der Waals surface area contributed by atoms with Gasteiger partial charge in [-0.25, -0.2) is 0 Å². The van der Waals surface area contributed by atoms with Crippen molar-refractivity contribution in [2.24, 2.45) is 0 Å².